The van der Waals surface area contributed by atoms with Crippen molar-refractivity contribution in [2.45, 2.75) is 0 Å². The second-order valence-electron chi connectivity index (χ2n) is 4.40. The summed E-state index contributed by atoms with van der Waals surface area (Å²) in [6.45, 7) is 0. The Morgan fingerprint density at radius 3 is 2.50 bits per heavy atom. The molecule has 3 aromatic rings. The van der Waals surface area contributed by atoms with Gasteiger partial charge < -0.3 is 14.3 Å². The zero-order valence-corrected chi connectivity index (χ0v) is 10.8. The van der Waals surface area contributed by atoms with Crippen molar-refractivity contribution in [3.05, 3.63) is 54.1 Å². The van der Waals surface area contributed by atoms with Gasteiger partial charge in [-0.1, -0.05) is 12.1 Å². The highest BCUT2D eigenvalue weighted by atomic mass is 16.5. The van der Waals surface area contributed by atoms with Gasteiger partial charge in [0.25, 0.3) is 0 Å². The second-order valence-corrected chi connectivity index (χ2v) is 4.40. The molecule has 3 rings (SSSR count). The number of ether oxygens (including phenoxy) is 1. The van der Waals surface area contributed by atoms with Gasteiger partial charge in [0.1, 0.15) is 17.1 Å². The van der Waals surface area contributed by atoms with E-state index in [1.54, 1.807) is 31.4 Å². The summed E-state index contributed by atoms with van der Waals surface area (Å²) >= 11 is 0. The van der Waals surface area contributed by atoms with Crippen molar-refractivity contribution in [3.8, 4) is 17.1 Å². The third kappa shape index (κ3) is 2.12. The smallest absolute Gasteiger partial charge is 0.335 e. The van der Waals surface area contributed by atoms with Gasteiger partial charge in [0.15, 0.2) is 0 Å². The average Bonchev–Trinajstić information content (AvgIpc) is 2.90. The lowest BCUT2D eigenvalue weighted by Gasteiger charge is -1.97. The molecule has 1 heterocycles. The Morgan fingerprint density at radius 1 is 1.10 bits per heavy atom. The summed E-state index contributed by atoms with van der Waals surface area (Å²) in [5.74, 6) is 0.530. The van der Waals surface area contributed by atoms with E-state index in [1.807, 2.05) is 24.3 Å². The molecule has 100 valence electrons. The Balaban J connectivity index is 2.03. The third-order valence-electron chi connectivity index (χ3n) is 3.14. The van der Waals surface area contributed by atoms with E-state index in [4.69, 9.17) is 14.3 Å². The number of aromatic carboxylic acids is 1. The molecular formula is C16H12O4. The molecule has 0 saturated carbocycles. The molecule has 0 fully saturated rings. The van der Waals surface area contributed by atoms with Gasteiger partial charge in [-0.3, -0.25) is 0 Å². The lowest BCUT2D eigenvalue weighted by atomic mass is 10.1. The maximum absolute atomic E-state index is 10.8. The number of hydrogen-bond acceptors (Lipinski definition) is 3. The molecule has 0 spiro atoms. The highest BCUT2D eigenvalue weighted by Crippen LogP contribution is 2.30. The first kappa shape index (κ1) is 12.3. The summed E-state index contributed by atoms with van der Waals surface area (Å²) in [5.41, 5.74) is 1.86. The normalized spacial score (nSPS) is 10.7. The topological polar surface area (TPSA) is 59.7 Å². The minimum absolute atomic E-state index is 0.256. The molecule has 1 N–H and O–H groups in total. The quantitative estimate of drug-likeness (QED) is 0.784. The third-order valence-corrected chi connectivity index (χ3v) is 3.14. The molecule has 0 bridgehead atoms. The van der Waals surface area contributed by atoms with Crippen LogP contribution >= 0.6 is 0 Å². The van der Waals surface area contributed by atoms with E-state index >= 15 is 0 Å². The van der Waals surface area contributed by atoms with Gasteiger partial charge in [-0.15, -0.1) is 0 Å². The summed E-state index contributed by atoms with van der Waals surface area (Å²) in [7, 11) is 1.62. The fraction of sp³-hybridized carbons (Fsp3) is 0.0625. The molecule has 0 aliphatic heterocycles. The van der Waals surface area contributed by atoms with Crippen molar-refractivity contribution in [2.75, 3.05) is 7.11 Å². The Bertz CT molecular complexity index is 769. The molecule has 0 unspecified atom stereocenters. The maximum atomic E-state index is 10.8. The molecule has 20 heavy (non-hydrogen) atoms. The minimum Gasteiger partial charge on any atom is -0.497 e. The number of rotatable bonds is 3. The average molecular weight is 268 g/mol. The predicted octanol–water partition coefficient (Wildman–Crippen LogP) is 3.81. The van der Waals surface area contributed by atoms with E-state index in [-0.39, 0.29) is 5.56 Å². The van der Waals surface area contributed by atoms with Gasteiger partial charge in [0.05, 0.1) is 12.7 Å². The van der Waals surface area contributed by atoms with E-state index in [0.29, 0.717) is 5.76 Å². The summed E-state index contributed by atoms with van der Waals surface area (Å²) in [4.78, 5) is 10.8. The second kappa shape index (κ2) is 4.74. The van der Waals surface area contributed by atoms with Crippen molar-refractivity contribution in [1.82, 2.24) is 0 Å². The number of furan rings is 1. The number of methoxy groups -OCH3 is 1. The van der Waals surface area contributed by atoms with Crippen molar-refractivity contribution >= 4 is 16.9 Å². The largest absolute Gasteiger partial charge is 0.497 e. The highest BCUT2D eigenvalue weighted by molar-refractivity contribution is 5.89. The van der Waals surface area contributed by atoms with Crippen LogP contribution < -0.4 is 4.74 Å². The van der Waals surface area contributed by atoms with E-state index in [2.05, 4.69) is 0 Å². The molecule has 4 heteroatoms. The lowest BCUT2D eigenvalue weighted by molar-refractivity contribution is 0.0697. The van der Waals surface area contributed by atoms with Gasteiger partial charge >= 0.3 is 5.97 Å². The van der Waals surface area contributed by atoms with Crippen LogP contribution in [0.3, 0.4) is 0 Å². The van der Waals surface area contributed by atoms with E-state index < -0.39 is 5.97 Å². The van der Waals surface area contributed by atoms with Gasteiger partial charge in [-0.05, 0) is 36.4 Å². The van der Waals surface area contributed by atoms with E-state index in [1.165, 1.54) is 0 Å². The minimum atomic E-state index is -0.939. The van der Waals surface area contributed by atoms with Gasteiger partial charge in [-0.25, -0.2) is 4.79 Å². The first-order valence-corrected chi connectivity index (χ1v) is 6.09. The molecule has 0 radical (unpaired) electrons. The molecule has 0 amide bonds. The van der Waals surface area contributed by atoms with Crippen LogP contribution in [-0.2, 0) is 0 Å². The summed E-state index contributed by atoms with van der Waals surface area (Å²) in [6, 6.07) is 14.1. The molecule has 1 aromatic heterocycles. The van der Waals surface area contributed by atoms with Crippen molar-refractivity contribution in [1.29, 1.82) is 0 Å². The first-order chi connectivity index (χ1) is 9.67. The zero-order chi connectivity index (χ0) is 14.1. The number of carboxylic acid groups (broad SMARTS) is 1. The zero-order valence-electron chi connectivity index (χ0n) is 10.8. The number of carboxylic acids is 1. The molecule has 0 atom stereocenters. The number of carbonyl (C=O) groups is 1. The van der Waals surface area contributed by atoms with Crippen LogP contribution in [0, 0.1) is 0 Å². The van der Waals surface area contributed by atoms with Crippen LogP contribution in [0.4, 0.5) is 0 Å². The summed E-state index contributed by atoms with van der Waals surface area (Å²) in [5, 5.41) is 9.83. The highest BCUT2D eigenvalue weighted by Gasteiger charge is 2.08. The van der Waals surface area contributed by atoms with Crippen LogP contribution in [0.2, 0.25) is 0 Å². The fourth-order valence-corrected chi connectivity index (χ4v) is 2.07. The Kier molecular flexibility index (Phi) is 2.91. The Labute approximate surface area is 115 Å². The molecule has 0 aliphatic rings. The number of fused-ring (bicyclic) bond motifs is 1. The number of hydrogen-bond donors (Lipinski definition) is 1. The van der Waals surface area contributed by atoms with Crippen molar-refractivity contribution in [3.63, 3.8) is 0 Å². The van der Waals surface area contributed by atoms with Crippen LogP contribution in [0.5, 0.6) is 5.75 Å². The van der Waals surface area contributed by atoms with Crippen LogP contribution in [0.1, 0.15) is 10.4 Å². The predicted molar refractivity (Wildman–Crippen MR) is 75.2 cm³/mol. The number of benzene rings is 2. The maximum Gasteiger partial charge on any atom is 0.335 e. The molecule has 4 nitrogen and oxygen atoms in total. The van der Waals surface area contributed by atoms with Gasteiger partial charge in [0.2, 0.25) is 0 Å². The van der Waals surface area contributed by atoms with Crippen molar-refractivity contribution < 1.29 is 19.1 Å². The van der Waals surface area contributed by atoms with Crippen LogP contribution in [-0.4, -0.2) is 18.2 Å². The van der Waals surface area contributed by atoms with Gasteiger partial charge in [-0.2, -0.15) is 0 Å². The molecule has 2 aromatic carbocycles. The first-order valence-electron chi connectivity index (χ1n) is 6.09. The molecule has 0 aliphatic carbocycles. The lowest BCUT2D eigenvalue weighted by Crippen LogP contribution is -1.94. The SMILES string of the molecule is COc1ccc2oc(-c3ccc(C(=O)O)cc3)cc2c1. The van der Waals surface area contributed by atoms with E-state index in [0.717, 1.165) is 22.3 Å². The molecular weight excluding hydrogens is 256 g/mol. The van der Waals surface area contributed by atoms with Crippen molar-refractivity contribution in [2.24, 2.45) is 0 Å². The standard InChI is InChI=1S/C16H12O4/c1-19-13-6-7-14-12(8-13)9-15(20-14)10-2-4-11(5-3-10)16(17)18/h2-9H,1H3,(H,17,18). The monoisotopic (exact) mass is 268 g/mol. The fourth-order valence-electron chi connectivity index (χ4n) is 2.07. The summed E-state index contributed by atoms with van der Waals surface area (Å²) in [6.07, 6.45) is 0. The van der Waals surface area contributed by atoms with Crippen LogP contribution in [0.15, 0.2) is 52.9 Å². The Hall–Kier alpha value is -2.75. The summed E-state index contributed by atoms with van der Waals surface area (Å²) < 4.78 is 10.9. The van der Waals surface area contributed by atoms with Gasteiger partial charge in [0, 0.05) is 10.9 Å². The van der Waals surface area contributed by atoms with E-state index in [9.17, 15) is 4.79 Å². The molecule has 0 saturated heterocycles. The Morgan fingerprint density at radius 2 is 1.85 bits per heavy atom. The van der Waals surface area contributed by atoms with Crippen LogP contribution in [0.25, 0.3) is 22.3 Å².